The second kappa shape index (κ2) is 6.33. The third-order valence-corrected chi connectivity index (χ3v) is 3.53. The number of aliphatic hydroxyl groups is 1. The van der Waals surface area contributed by atoms with Gasteiger partial charge in [0.05, 0.1) is 19.3 Å². The van der Waals surface area contributed by atoms with Gasteiger partial charge in [0.1, 0.15) is 0 Å². The molecule has 2 aliphatic rings. The molecule has 3 atom stereocenters. The van der Waals surface area contributed by atoms with Gasteiger partial charge in [-0.3, -0.25) is 4.79 Å². The van der Waals surface area contributed by atoms with E-state index in [1.165, 1.54) is 0 Å². The summed E-state index contributed by atoms with van der Waals surface area (Å²) in [7, 11) is 0. The molecule has 0 aromatic rings. The van der Waals surface area contributed by atoms with Gasteiger partial charge in [-0.2, -0.15) is 0 Å². The zero-order chi connectivity index (χ0) is 12.1. The van der Waals surface area contributed by atoms with Gasteiger partial charge in [0.15, 0.2) is 0 Å². The van der Waals surface area contributed by atoms with Crippen molar-refractivity contribution in [1.29, 1.82) is 0 Å². The summed E-state index contributed by atoms with van der Waals surface area (Å²) in [6, 6.07) is 0.151. The zero-order valence-electron chi connectivity index (χ0n) is 10.2. The van der Waals surface area contributed by atoms with Gasteiger partial charge >= 0.3 is 0 Å². The predicted octanol–water partition coefficient (Wildman–Crippen LogP) is -0.358. The monoisotopic (exact) mass is 242 g/mol. The maximum absolute atomic E-state index is 11.7. The first-order valence-corrected chi connectivity index (χ1v) is 6.50. The van der Waals surface area contributed by atoms with Crippen LogP contribution in [0, 0.1) is 5.92 Å². The van der Waals surface area contributed by atoms with Gasteiger partial charge in [-0.1, -0.05) is 0 Å². The quantitative estimate of drug-likeness (QED) is 0.630. The number of morpholine rings is 1. The molecule has 5 nitrogen and oxygen atoms in total. The zero-order valence-corrected chi connectivity index (χ0v) is 10.2. The van der Waals surface area contributed by atoms with Crippen LogP contribution in [0.2, 0.25) is 0 Å². The lowest BCUT2D eigenvalue weighted by Crippen LogP contribution is -2.44. The van der Waals surface area contributed by atoms with Gasteiger partial charge in [0, 0.05) is 25.6 Å². The van der Waals surface area contributed by atoms with Crippen LogP contribution < -0.4 is 10.6 Å². The molecule has 0 radical (unpaired) electrons. The van der Waals surface area contributed by atoms with Gasteiger partial charge in [-0.15, -0.1) is 0 Å². The molecule has 1 saturated heterocycles. The second-order valence-corrected chi connectivity index (χ2v) is 5.07. The minimum atomic E-state index is -0.162. The van der Waals surface area contributed by atoms with Gasteiger partial charge in [0.2, 0.25) is 5.91 Å². The Balaban J connectivity index is 1.60. The van der Waals surface area contributed by atoms with Crippen molar-refractivity contribution in [1.82, 2.24) is 10.6 Å². The molecule has 0 bridgehead atoms. The largest absolute Gasteiger partial charge is 0.393 e. The molecular weight excluding hydrogens is 220 g/mol. The lowest BCUT2D eigenvalue weighted by atomic mass is 10.1. The van der Waals surface area contributed by atoms with Gasteiger partial charge in [-0.05, 0) is 25.2 Å². The Morgan fingerprint density at radius 2 is 2.35 bits per heavy atom. The first kappa shape index (κ1) is 12.8. The van der Waals surface area contributed by atoms with Crippen molar-refractivity contribution in [2.45, 2.75) is 37.8 Å². The van der Waals surface area contributed by atoms with Crippen LogP contribution in [0.5, 0.6) is 0 Å². The molecule has 1 amide bonds. The van der Waals surface area contributed by atoms with Crippen LogP contribution in [0.15, 0.2) is 0 Å². The fourth-order valence-electron chi connectivity index (χ4n) is 2.54. The molecule has 5 heteroatoms. The molecule has 2 fully saturated rings. The smallest absolute Gasteiger partial charge is 0.221 e. The molecule has 2 rings (SSSR count). The van der Waals surface area contributed by atoms with E-state index in [-0.39, 0.29) is 18.1 Å². The number of ether oxygens (including phenoxy) is 1. The molecule has 3 N–H and O–H groups in total. The van der Waals surface area contributed by atoms with E-state index in [1.807, 2.05) is 0 Å². The highest BCUT2D eigenvalue weighted by atomic mass is 16.5. The minimum absolute atomic E-state index is 0.0781. The number of hydrogen-bond acceptors (Lipinski definition) is 4. The van der Waals surface area contributed by atoms with Crippen molar-refractivity contribution in [2.75, 3.05) is 26.3 Å². The lowest BCUT2D eigenvalue weighted by Gasteiger charge is -2.23. The van der Waals surface area contributed by atoms with Crippen LogP contribution in [0.3, 0.4) is 0 Å². The number of carbonyl (C=O) groups excluding carboxylic acids is 1. The Bertz CT molecular complexity index is 254. The summed E-state index contributed by atoms with van der Waals surface area (Å²) in [5.74, 6) is 0.527. The molecule has 3 unspecified atom stereocenters. The van der Waals surface area contributed by atoms with E-state index in [9.17, 15) is 9.90 Å². The normalized spacial score (nSPS) is 33.6. The Kier molecular flexibility index (Phi) is 4.76. The highest BCUT2D eigenvalue weighted by Crippen LogP contribution is 2.24. The van der Waals surface area contributed by atoms with Crippen LogP contribution in [0.1, 0.15) is 25.7 Å². The first-order valence-electron chi connectivity index (χ1n) is 6.50. The first-order chi connectivity index (χ1) is 8.24. The predicted molar refractivity (Wildman–Crippen MR) is 63.6 cm³/mol. The lowest BCUT2D eigenvalue weighted by molar-refractivity contribution is -0.122. The van der Waals surface area contributed by atoms with E-state index in [1.54, 1.807) is 0 Å². The molecule has 0 aromatic carbocycles. The Morgan fingerprint density at radius 3 is 3.00 bits per heavy atom. The molecule has 17 heavy (non-hydrogen) atoms. The van der Waals surface area contributed by atoms with Crippen molar-refractivity contribution in [2.24, 2.45) is 5.92 Å². The van der Waals surface area contributed by atoms with Crippen molar-refractivity contribution in [3.63, 3.8) is 0 Å². The Hall–Kier alpha value is -0.650. The molecule has 1 heterocycles. The molecule has 1 aliphatic heterocycles. The van der Waals surface area contributed by atoms with Crippen molar-refractivity contribution in [3.8, 4) is 0 Å². The van der Waals surface area contributed by atoms with E-state index in [0.29, 0.717) is 25.5 Å². The van der Waals surface area contributed by atoms with Gasteiger partial charge in [-0.25, -0.2) is 0 Å². The fraction of sp³-hybridized carbons (Fsp3) is 0.917. The summed E-state index contributed by atoms with van der Waals surface area (Å²) < 4.78 is 5.30. The maximum atomic E-state index is 11.7. The number of hydrogen-bond donors (Lipinski definition) is 3. The Morgan fingerprint density at radius 1 is 1.47 bits per heavy atom. The van der Waals surface area contributed by atoms with E-state index >= 15 is 0 Å². The maximum Gasteiger partial charge on any atom is 0.221 e. The molecule has 0 aromatic heterocycles. The van der Waals surface area contributed by atoms with E-state index in [2.05, 4.69) is 10.6 Å². The number of rotatable bonds is 4. The number of amides is 1. The van der Waals surface area contributed by atoms with Gasteiger partial charge in [0.25, 0.3) is 0 Å². The van der Waals surface area contributed by atoms with Crippen molar-refractivity contribution in [3.05, 3.63) is 0 Å². The summed E-state index contributed by atoms with van der Waals surface area (Å²) in [6.07, 6.45) is 3.04. The highest BCUT2D eigenvalue weighted by molar-refractivity contribution is 5.76. The molecule has 98 valence electrons. The van der Waals surface area contributed by atoms with E-state index < -0.39 is 0 Å². The van der Waals surface area contributed by atoms with Crippen LogP contribution in [0.25, 0.3) is 0 Å². The average molecular weight is 242 g/mol. The number of aliphatic hydroxyl groups excluding tert-OH is 1. The minimum Gasteiger partial charge on any atom is -0.393 e. The van der Waals surface area contributed by atoms with E-state index in [0.717, 1.165) is 32.4 Å². The summed E-state index contributed by atoms with van der Waals surface area (Å²) in [5.41, 5.74) is 0. The highest BCUT2D eigenvalue weighted by Gasteiger charge is 2.23. The molecule has 1 saturated carbocycles. The molecular formula is C12H22N2O3. The fourth-order valence-corrected chi connectivity index (χ4v) is 2.54. The molecule has 1 aliphatic carbocycles. The summed E-state index contributed by atoms with van der Waals surface area (Å²) in [4.78, 5) is 11.7. The van der Waals surface area contributed by atoms with E-state index in [4.69, 9.17) is 4.74 Å². The SMILES string of the molecule is O=C(CC1COCCN1)NCC1CCC(O)C1. The standard InChI is InChI=1S/C12H22N2O3/c15-11-2-1-9(5-11)7-14-12(16)6-10-8-17-4-3-13-10/h9-11,13,15H,1-8H2,(H,14,16). The van der Waals surface area contributed by atoms with Crippen LogP contribution in [-0.2, 0) is 9.53 Å². The Labute approximate surface area is 102 Å². The topological polar surface area (TPSA) is 70.6 Å². The summed E-state index contributed by atoms with van der Waals surface area (Å²) >= 11 is 0. The average Bonchev–Trinajstić information content (AvgIpc) is 2.74. The van der Waals surface area contributed by atoms with Crippen LogP contribution in [0.4, 0.5) is 0 Å². The van der Waals surface area contributed by atoms with Crippen molar-refractivity contribution < 1.29 is 14.6 Å². The summed E-state index contributed by atoms with van der Waals surface area (Å²) in [6.45, 7) is 2.88. The van der Waals surface area contributed by atoms with Gasteiger partial charge < -0.3 is 20.5 Å². The second-order valence-electron chi connectivity index (χ2n) is 5.07. The van der Waals surface area contributed by atoms with Crippen LogP contribution in [-0.4, -0.2) is 49.5 Å². The number of carbonyl (C=O) groups is 1. The number of nitrogens with one attached hydrogen (secondary N) is 2. The van der Waals surface area contributed by atoms with Crippen LogP contribution >= 0.6 is 0 Å². The third-order valence-electron chi connectivity index (χ3n) is 3.53. The molecule has 0 spiro atoms. The third kappa shape index (κ3) is 4.26. The summed E-state index contributed by atoms with van der Waals surface area (Å²) in [5, 5.41) is 15.6. The van der Waals surface area contributed by atoms with Crippen molar-refractivity contribution >= 4 is 5.91 Å².